The lowest BCUT2D eigenvalue weighted by atomic mass is 10.0. The highest BCUT2D eigenvalue weighted by Gasteiger charge is 2.18. The zero-order chi connectivity index (χ0) is 18.3. The van der Waals surface area contributed by atoms with Gasteiger partial charge in [0.2, 0.25) is 5.88 Å². The third-order valence-electron chi connectivity index (χ3n) is 4.10. The Kier molecular flexibility index (Phi) is 3.58. The minimum atomic E-state index is -0.457. The molecular weight excluding hydrogens is 332 g/mol. The van der Waals surface area contributed by atoms with Crippen LogP contribution in [0.2, 0.25) is 0 Å². The third kappa shape index (κ3) is 2.53. The van der Waals surface area contributed by atoms with Crippen molar-refractivity contribution in [1.29, 1.82) is 0 Å². The topological polar surface area (TPSA) is 95.1 Å². The van der Waals surface area contributed by atoms with E-state index in [4.69, 9.17) is 0 Å². The molecule has 0 saturated heterocycles. The van der Waals surface area contributed by atoms with E-state index in [2.05, 4.69) is 4.98 Å². The average molecular weight is 346 g/mol. The van der Waals surface area contributed by atoms with Crippen molar-refractivity contribution in [3.05, 3.63) is 77.1 Å². The van der Waals surface area contributed by atoms with Crippen molar-refractivity contribution in [2.75, 3.05) is 0 Å². The number of phenolic OH excluding ortho intramolecular Hbond substituents is 1. The first-order chi connectivity index (χ1) is 12.5. The Balaban J connectivity index is 2.15. The fraction of sp³-hybridized carbons (Fsp3) is 0. The van der Waals surface area contributed by atoms with Gasteiger partial charge in [0.05, 0.1) is 11.3 Å². The molecule has 0 amide bonds. The molecule has 0 spiro atoms. The van der Waals surface area contributed by atoms with Crippen molar-refractivity contribution in [1.82, 2.24) is 9.38 Å². The number of hydrogen-bond donors (Lipinski definition) is 3. The SMILES string of the molecule is O=c1c(-c2ccccc2)c(-c2ccc(O)cc2)nc2cc(O)cc(O)n12. The smallest absolute Gasteiger partial charge is 0.269 e. The van der Waals surface area contributed by atoms with Gasteiger partial charge in [0, 0.05) is 17.7 Å². The van der Waals surface area contributed by atoms with E-state index < -0.39 is 11.4 Å². The third-order valence-corrected chi connectivity index (χ3v) is 4.10. The fourth-order valence-corrected chi connectivity index (χ4v) is 2.92. The summed E-state index contributed by atoms with van der Waals surface area (Å²) in [6.07, 6.45) is 0. The summed E-state index contributed by atoms with van der Waals surface area (Å²) >= 11 is 0. The summed E-state index contributed by atoms with van der Waals surface area (Å²) in [4.78, 5) is 17.6. The minimum absolute atomic E-state index is 0.0998. The van der Waals surface area contributed by atoms with Crippen LogP contribution in [0.15, 0.2) is 71.5 Å². The van der Waals surface area contributed by atoms with Gasteiger partial charge in [0.15, 0.2) is 0 Å². The van der Waals surface area contributed by atoms with Crippen molar-refractivity contribution in [2.45, 2.75) is 0 Å². The van der Waals surface area contributed by atoms with Crippen molar-refractivity contribution in [2.24, 2.45) is 0 Å². The first-order valence-corrected chi connectivity index (χ1v) is 7.88. The monoisotopic (exact) mass is 346 g/mol. The molecule has 0 saturated carbocycles. The lowest BCUT2D eigenvalue weighted by Crippen LogP contribution is -2.19. The molecule has 0 aliphatic rings. The summed E-state index contributed by atoms with van der Waals surface area (Å²) in [5, 5.41) is 29.4. The van der Waals surface area contributed by atoms with Crippen molar-refractivity contribution >= 4 is 5.65 Å². The summed E-state index contributed by atoms with van der Waals surface area (Å²) in [5.74, 6) is -0.492. The van der Waals surface area contributed by atoms with Crippen LogP contribution in [0.4, 0.5) is 0 Å². The predicted molar refractivity (Wildman–Crippen MR) is 97.3 cm³/mol. The normalized spacial score (nSPS) is 10.9. The predicted octanol–water partition coefficient (Wildman–Crippen LogP) is 3.15. The molecule has 0 radical (unpaired) electrons. The van der Waals surface area contributed by atoms with E-state index in [-0.39, 0.29) is 17.1 Å². The molecular formula is C20H14N2O4. The van der Waals surface area contributed by atoms with Gasteiger partial charge in [0.25, 0.3) is 5.56 Å². The van der Waals surface area contributed by atoms with Crippen molar-refractivity contribution in [3.8, 4) is 39.8 Å². The lowest BCUT2D eigenvalue weighted by molar-refractivity contribution is 0.427. The maximum Gasteiger partial charge on any atom is 0.269 e. The van der Waals surface area contributed by atoms with E-state index in [1.54, 1.807) is 36.4 Å². The number of nitrogens with zero attached hydrogens (tertiary/aromatic N) is 2. The number of fused-ring (bicyclic) bond motifs is 1. The number of pyridine rings is 1. The van der Waals surface area contributed by atoms with E-state index >= 15 is 0 Å². The zero-order valence-corrected chi connectivity index (χ0v) is 13.5. The van der Waals surface area contributed by atoms with Crippen LogP contribution in [0.5, 0.6) is 17.4 Å². The Morgan fingerprint density at radius 3 is 2.15 bits per heavy atom. The minimum Gasteiger partial charge on any atom is -0.508 e. The van der Waals surface area contributed by atoms with E-state index in [1.807, 2.05) is 6.07 Å². The summed E-state index contributed by atoms with van der Waals surface area (Å²) in [7, 11) is 0. The first kappa shape index (κ1) is 15.7. The quantitative estimate of drug-likeness (QED) is 0.518. The fourth-order valence-electron chi connectivity index (χ4n) is 2.92. The van der Waals surface area contributed by atoms with Crippen LogP contribution in [-0.2, 0) is 0 Å². The van der Waals surface area contributed by atoms with Crippen LogP contribution in [0.25, 0.3) is 28.0 Å². The number of hydrogen-bond acceptors (Lipinski definition) is 5. The van der Waals surface area contributed by atoms with Gasteiger partial charge in [-0.2, -0.15) is 0 Å². The molecule has 0 atom stereocenters. The number of aromatic hydroxyl groups is 3. The zero-order valence-electron chi connectivity index (χ0n) is 13.5. The molecule has 2 heterocycles. The highest BCUT2D eigenvalue weighted by Crippen LogP contribution is 2.31. The molecule has 2 aromatic carbocycles. The summed E-state index contributed by atoms with van der Waals surface area (Å²) in [5.41, 5.74) is 1.65. The summed E-state index contributed by atoms with van der Waals surface area (Å²) in [6, 6.07) is 17.7. The standard InChI is InChI=1S/C20H14N2O4/c23-14-8-6-13(7-9-14)19-18(12-4-2-1-3-5-12)20(26)22-16(21-19)10-15(24)11-17(22)25/h1-11,23-25H. The molecule has 0 fully saturated rings. The van der Waals surface area contributed by atoms with Crippen LogP contribution in [0.3, 0.4) is 0 Å². The average Bonchev–Trinajstić information content (AvgIpc) is 2.62. The van der Waals surface area contributed by atoms with Crippen LogP contribution in [0, 0.1) is 0 Å². The molecule has 0 aliphatic heterocycles. The second-order valence-corrected chi connectivity index (χ2v) is 5.82. The molecule has 0 bridgehead atoms. The Labute approximate surface area is 147 Å². The van der Waals surface area contributed by atoms with Crippen molar-refractivity contribution in [3.63, 3.8) is 0 Å². The van der Waals surface area contributed by atoms with Gasteiger partial charge in [-0.25, -0.2) is 9.38 Å². The van der Waals surface area contributed by atoms with E-state index in [0.717, 1.165) is 10.5 Å². The first-order valence-electron chi connectivity index (χ1n) is 7.88. The molecule has 128 valence electrons. The molecule has 3 N–H and O–H groups in total. The van der Waals surface area contributed by atoms with Gasteiger partial charge in [-0.1, -0.05) is 30.3 Å². The number of rotatable bonds is 2. The maximum absolute atomic E-state index is 13.2. The second kappa shape index (κ2) is 5.93. The summed E-state index contributed by atoms with van der Waals surface area (Å²) in [6.45, 7) is 0. The van der Waals surface area contributed by atoms with Gasteiger partial charge >= 0.3 is 0 Å². The van der Waals surface area contributed by atoms with Gasteiger partial charge in [0.1, 0.15) is 17.1 Å². The maximum atomic E-state index is 13.2. The number of phenols is 1. The Hall–Kier alpha value is -3.80. The number of benzene rings is 2. The molecule has 26 heavy (non-hydrogen) atoms. The van der Waals surface area contributed by atoms with Crippen LogP contribution in [-0.4, -0.2) is 24.7 Å². The summed E-state index contributed by atoms with van der Waals surface area (Å²) < 4.78 is 1.05. The van der Waals surface area contributed by atoms with Crippen molar-refractivity contribution < 1.29 is 15.3 Å². The Morgan fingerprint density at radius 2 is 1.46 bits per heavy atom. The van der Waals surface area contributed by atoms with E-state index in [1.165, 1.54) is 18.2 Å². The molecule has 2 aromatic heterocycles. The van der Waals surface area contributed by atoms with Crippen LogP contribution >= 0.6 is 0 Å². The van der Waals surface area contributed by atoms with Gasteiger partial charge in [-0.3, -0.25) is 4.79 Å². The van der Waals surface area contributed by atoms with Crippen LogP contribution < -0.4 is 5.56 Å². The van der Waals surface area contributed by atoms with Gasteiger partial charge in [-0.05, 0) is 29.8 Å². The van der Waals surface area contributed by atoms with E-state index in [0.29, 0.717) is 22.4 Å². The molecule has 4 aromatic rings. The van der Waals surface area contributed by atoms with E-state index in [9.17, 15) is 20.1 Å². The molecule has 0 unspecified atom stereocenters. The lowest BCUT2D eigenvalue weighted by Gasteiger charge is -2.12. The largest absolute Gasteiger partial charge is 0.508 e. The highest BCUT2D eigenvalue weighted by atomic mass is 16.3. The Bertz CT molecular complexity index is 1170. The molecule has 0 aliphatic carbocycles. The van der Waals surface area contributed by atoms with Crippen LogP contribution in [0.1, 0.15) is 0 Å². The Morgan fingerprint density at radius 1 is 0.769 bits per heavy atom. The molecule has 4 rings (SSSR count). The van der Waals surface area contributed by atoms with Gasteiger partial charge < -0.3 is 15.3 Å². The molecule has 6 heteroatoms. The number of aromatic nitrogens is 2. The second-order valence-electron chi connectivity index (χ2n) is 5.82. The van der Waals surface area contributed by atoms with Gasteiger partial charge in [-0.15, -0.1) is 0 Å². The highest BCUT2D eigenvalue weighted by molar-refractivity contribution is 5.82. The molecule has 6 nitrogen and oxygen atoms in total.